The summed E-state index contributed by atoms with van der Waals surface area (Å²) in [5, 5.41) is 0. The number of allylic oxidation sites excluding steroid dienone is 2. The van der Waals surface area contributed by atoms with E-state index in [2.05, 4.69) is 26.8 Å². The summed E-state index contributed by atoms with van der Waals surface area (Å²) in [7, 11) is 0. The van der Waals surface area contributed by atoms with Crippen LogP contribution in [-0.2, 0) is 4.79 Å². The lowest BCUT2D eigenvalue weighted by Gasteiger charge is -2.24. The number of amides is 1. The Hall–Kier alpha value is -0.790. The summed E-state index contributed by atoms with van der Waals surface area (Å²) in [4.78, 5) is 10.7. The van der Waals surface area contributed by atoms with Crippen LogP contribution >= 0.6 is 0 Å². The van der Waals surface area contributed by atoms with Gasteiger partial charge in [-0.1, -0.05) is 25.5 Å². The quantitative estimate of drug-likeness (QED) is 0.627. The van der Waals surface area contributed by atoms with E-state index in [1.807, 2.05) is 0 Å². The van der Waals surface area contributed by atoms with Crippen molar-refractivity contribution in [3.63, 3.8) is 0 Å². The van der Waals surface area contributed by atoms with Crippen LogP contribution in [0.25, 0.3) is 0 Å². The Morgan fingerprint density at radius 1 is 1.75 bits per heavy atom. The molecule has 0 aromatic heterocycles. The van der Waals surface area contributed by atoms with E-state index in [0.717, 1.165) is 6.42 Å². The second kappa shape index (κ2) is 2.92. The average Bonchev–Trinajstić information content (AvgIpc) is 2.04. The van der Waals surface area contributed by atoms with Crippen molar-refractivity contribution in [3.8, 4) is 0 Å². The largest absolute Gasteiger partial charge is 0.370 e. The highest BCUT2D eigenvalue weighted by atomic mass is 16.1. The van der Waals surface area contributed by atoms with E-state index in [9.17, 15) is 4.79 Å². The lowest BCUT2D eigenvalue weighted by atomic mass is 9.80. The Balaban J connectivity index is 2.66. The van der Waals surface area contributed by atoms with Crippen molar-refractivity contribution in [2.45, 2.75) is 33.6 Å². The Morgan fingerprint density at radius 3 is 2.67 bits per heavy atom. The van der Waals surface area contributed by atoms with E-state index < -0.39 is 0 Å². The van der Waals surface area contributed by atoms with E-state index in [1.54, 1.807) is 0 Å². The Morgan fingerprint density at radius 2 is 2.33 bits per heavy atom. The van der Waals surface area contributed by atoms with E-state index in [1.165, 1.54) is 5.57 Å². The van der Waals surface area contributed by atoms with E-state index in [-0.39, 0.29) is 11.3 Å². The van der Waals surface area contributed by atoms with Gasteiger partial charge in [0.15, 0.2) is 0 Å². The molecule has 1 aliphatic rings. The second-order valence-corrected chi connectivity index (χ2v) is 4.38. The molecule has 0 saturated carbocycles. The zero-order valence-electron chi connectivity index (χ0n) is 8.05. The molecule has 0 saturated heterocycles. The maximum absolute atomic E-state index is 10.7. The first-order valence-electron chi connectivity index (χ1n) is 4.38. The SMILES string of the molecule is CC1=CC(C)(C)C(CC(N)=O)C1. The van der Waals surface area contributed by atoms with Crippen LogP contribution in [0.15, 0.2) is 11.6 Å². The molecule has 0 spiro atoms. The van der Waals surface area contributed by atoms with Gasteiger partial charge in [0, 0.05) is 6.42 Å². The van der Waals surface area contributed by atoms with E-state index >= 15 is 0 Å². The maximum atomic E-state index is 10.7. The number of rotatable bonds is 2. The third kappa shape index (κ3) is 1.87. The van der Waals surface area contributed by atoms with Gasteiger partial charge < -0.3 is 5.73 Å². The van der Waals surface area contributed by atoms with Crippen LogP contribution in [0.2, 0.25) is 0 Å². The van der Waals surface area contributed by atoms with Gasteiger partial charge in [0.1, 0.15) is 0 Å². The molecule has 2 heteroatoms. The fourth-order valence-electron chi connectivity index (χ4n) is 2.04. The number of primary amides is 1. The lowest BCUT2D eigenvalue weighted by Crippen LogP contribution is -2.24. The van der Waals surface area contributed by atoms with Gasteiger partial charge in [-0.15, -0.1) is 0 Å². The third-order valence-electron chi connectivity index (χ3n) is 2.69. The van der Waals surface area contributed by atoms with Gasteiger partial charge in [0.05, 0.1) is 0 Å². The summed E-state index contributed by atoms with van der Waals surface area (Å²) in [6.07, 6.45) is 3.79. The van der Waals surface area contributed by atoms with Gasteiger partial charge in [-0.25, -0.2) is 0 Å². The molecule has 1 atom stereocenters. The molecule has 0 aromatic carbocycles. The summed E-state index contributed by atoms with van der Waals surface area (Å²) in [5.74, 6) is 0.228. The minimum absolute atomic E-state index is 0.152. The number of carbonyl (C=O) groups excluding carboxylic acids is 1. The molecule has 0 aromatic rings. The smallest absolute Gasteiger partial charge is 0.217 e. The normalized spacial score (nSPS) is 26.9. The summed E-state index contributed by atoms with van der Waals surface area (Å²) < 4.78 is 0. The Labute approximate surface area is 73.8 Å². The van der Waals surface area contributed by atoms with Crippen LogP contribution in [-0.4, -0.2) is 5.91 Å². The van der Waals surface area contributed by atoms with Crippen molar-refractivity contribution in [1.82, 2.24) is 0 Å². The predicted molar refractivity (Wildman–Crippen MR) is 49.5 cm³/mol. The van der Waals surface area contributed by atoms with Gasteiger partial charge in [-0.2, -0.15) is 0 Å². The minimum Gasteiger partial charge on any atom is -0.370 e. The number of hydrogen-bond acceptors (Lipinski definition) is 1. The van der Waals surface area contributed by atoms with Crippen molar-refractivity contribution in [2.75, 3.05) is 0 Å². The molecule has 2 N–H and O–H groups in total. The van der Waals surface area contributed by atoms with Crippen LogP contribution in [0.1, 0.15) is 33.6 Å². The summed E-state index contributed by atoms with van der Waals surface area (Å²) >= 11 is 0. The lowest BCUT2D eigenvalue weighted by molar-refractivity contribution is -0.119. The third-order valence-corrected chi connectivity index (χ3v) is 2.69. The molecule has 0 fully saturated rings. The topological polar surface area (TPSA) is 43.1 Å². The van der Waals surface area contributed by atoms with Crippen LogP contribution in [0.5, 0.6) is 0 Å². The summed E-state index contributed by atoms with van der Waals surface area (Å²) in [6.45, 7) is 6.44. The van der Waals surface area contributed by atoms with Gasteiger partial charge in [0.2, 0.25) is 5.91 Å². The fraction of sp³-hybridized carbons (Fsp3) is 0.700. The highest BCUT2D eigenvalue weighted by molar-refractivity contribution is 5.74. The van der Waals surface area contributed by atoms with Crippen molar-refractivity contribution in [3.05, 3.63) is 11.6 Å². The Bertz CT molecular complexity index is 228. The number of hydrogen-bond donors (Lipinski definition) is 1. The molecule has 0 aliphatic heterocycles. The molecule has 1 unspecified atom stereocenters. The van der Waals surface area contributed by atoms with Crippen LogP contribution in [0.3, 0.4) is 0 Å². The van der Waals surface area contributed by atoms with E-state index in [0.29, 0.717) is 12.3 Å². The predicted octanol–water partition coefficient (Wildman–Crippen LogP) is 1.85. The fourth-order valence-corrected chi connectivity index (χ4v) is 2.04. The van der Waals surface area contributed by atoms with Crippen LogP contribution < -0.4 is 5.73 Å². The molecule has 12 heavy (non-hydrogen) atoms. The molecule has 1 amide bonds. The second-order valence-electron chi connectivity index (χ2n) is 4.38. The molecule has 0 bridgehead atoms. The molecule has 1 rings (SSSR count). The first-order chi connectivity index (χ1) is 5.42. The highest BCUT2D eigenvalue weighted by Crippen LogP contribution is 2.42. The van der Waals surface area contributed by atoms with E-state index in [4.69, 9.17) is 5.73 Å². The zero-order chi connectivity index (χ0) is 9.35. The van der Waals surface area contributed by atoms with Gasteiger partial charge >= 0.3 is 0 Å². The molecule has 2 nitrogen and oxygen atoms in total. The van der Waals surface area contributed by atoms with Crippen LogP contribution in [0, 0.1) is 11.3 Å². The maximum Gasteiger partial charge on any atom is 0.217 e. The highest BCUT2D eigenvalue weighted by Gasteiger charge is 2.33. The van der Waals surface area contributed by atoms with Crippen molar-refractivity contribution >= 4 is 5.91 Å². The first kappa shape index (κ1) is 9.30. The molecular weight excluding hydrogens is 150 g/mol. The van der Waals surface area contributed by atoms with Crippen molar-refractivity contribution < 1.29 is 4.79 Å². The Kier molecular flexibility index (Phi) is 2.27. The molecule has 0 radical (unpaired) electrons. The number of nitrogens with two attached hydrogens (primary N) is 1. The molecule has 1 aliphatic carbocycles. The van der Waals surface area contributed by atoms with Gasteiger partial charge in [-0.05, 0) is 24.7 Å². The van der Waals surface area contributed by atoms with Crippen molar-refractivity contribution in [1.29, 1.82) is 0 Å². The molecular formula is C10H17NO. The summed E-state index contributed by atoms with van der Waals surface area (Å²) in [5.41, 5.74) is 6.71. The zero-order valence-corrected chi connectivity index (χ0v) is 8.05. The average molecular weight is 167 g/mol. The van der Waals surface area contributed by atoms with Gasteiger partial charge in [0.25, 0.3) is 0 Å². The monoisotopic (exact) mass is 167 g/mol. The standard InChI is InChI=1S/C10H17NO/c1-7-4-8(5-9(11)12)10(2,3)6-7/h6,8H,4-5H2,1-3H3,(H2,11,12). The molecule has 0 heterocycles. The van der Waals surface area contributed by atoms with Crippen molar-refractivity contribution in [2.24, 2.45) is 17.1 Å². The minimum atomic E-state index is -0.184. The van der Waals surface area contributed by atoms with Gasteiger partial charge in [-0.3, -0.25) is 4.79 Å². The molecule has 68 valence electrons. The first-order valence-corrected chi connectivity index (χ1v) is 4.38. The summed E-state index contributed by atoms with van der Waals surface area (Å²) in [6, 6.07) is 0. The number of carbonyl (C=O) groups is 1. The van der Waals surface area contributed by atoms with Crippen LogP contribution in [0.4, 0.5) is 0 Å².